The molecule has 182 valence electrons. The quantitative estimate of drug-likeness (QED) is 0.350. The van der Waals surface area contributed by atoms with Crippen molar-refractivity contribution in [2.45, 2.75) is 24.7 Å². The molecule has 0 amide bonds. The fraction of sp³-hybridized carbons (Fsp3) is 0.154. The number of anilines is 3. The molecule has 7 nitrogen and oxygen atoms in total. The van der Waals surface area contributed by atoms with Crippen molar-refractivity contribution in [3.05, 3.63) is 96.1 Å². The topological polar surface area (TPSA) is 115 Å². The molecule has 0 aliphatic heterocycles. The third-order valence-corrected chi connectivity index (χ3v) is 7.39. The molecule has 4 rings (SSSR count). The number of hydrogen-bond donors (Lipinski definition) is 2. The maximum absolute atomic E-state index is 13.5. The number of para-hydroxylation sites is 1. The van der Waals surface area contributed by atoms with Gasteiger partial charge in [0.1, 0.15) is 5.82 Å². The summed E-state index contributed by atoms with van der Waals surface area (Å²) in [7, 11) is -3.75. The molecule has 0 fully saturated rings. The van der Waals surface area contributed by atoms with E-state index < -0.39 is 10.0 Å². The van der Waals surface area contributed by atoms with Crippen molar-refractivity contribution in [1.82, 2.24) is 9.97 Å². The summed E-state index contributed by atoms with van der Waals surface area (Å²) >= 11 is 0. The summed E-state index contributed by atoms with van der Waals surface area (Å²) in [4.78, 5) is 8.80. The second-order valence-electron chi connectivity index (χ2n) is 7.99. The van der Waals surface area contributed by atoms with Gasteiger partial charge in [-0.05, 0) is 44.0 Å². The highest BCUT2D eigenvalue weighted by Gasteiger charge is 2.25. The van der Waals surface area contributed by atoms with Crippen LogP contribution in [-0.4, -0.2) is 24.9 Å². The van der Waals surface area contributed by atoms with E-state index in [1.807, 2.05) is 55.5 Å². The number of nitrogen functional groups attached to an aromatic ring is 2. The largest absolute Gasteiger partial charge is 0.383 e. The zero-order valence-electron chi connectivity index (χ0n) is 19.3. The lowest BCUT2D eigenvalue weighted by atomic mass is 10.0. The fourth-order valence-corrected chi connectivity index (χ4v) is 5.32. The summed E-state index contributed by atoms with van der Waals surface area (Å²) in [5.41, 5.74) is 16.0. The van der Waals surface area contributed by atoms with Gasteiger partial charge in [0.2, 0.25) is 5.95 Å². The van der Waals surface area contributed by atoms with E-state index in [9.17, 15) is 8.42 Å². The molecule has 9 heteroatoms. The van der Waals surface area contributed by atoms with Crippen LogP contribution in [0.5, 0.6) is 0 Å². The molecule has 0 atom stereocenters. The number of hydrogen-bond acceptors (Lipinski definition) is 6. The van der Waals surface area contributed by atoms with Crippen LogP contribution in [0.3, 0.4) is 0 Å². The Morgan fingerprint density at radius 2 is 1.43 bits per heavy atom. The average molecular weight is 510 g/mol. The molecular weight excluding hydrogens is 482 g/mol. The van der Waals surface area contributed by atoms with E-state index in [-0.39, 0.29) is 29.8 Å². The molecule has 0 radical (unpaired) electrons. The molecule has 0 aliphatic carbocycles. The van der Waals surface area contributed by atoms with Crippen molar-refractivity contribution in [3.8, 4) is 11.3 Å². The molecule has 0 bridgehead atoms. The number of benzene rings is 3. The van der Waals surface area contributed by atoms with E-state index in [4.69, 9.17) is 11.5 Å². The zero-order valence-corrected chi connectivity index (χ0v) is 21.0. The van der Waals surface area contributed by atoms with Crippen molar-refractivity contribution in [1.29, 1.82) is 0 Å². The zero-order chi connectivity index (χ0) is 24.1. The normalized spacial score (nSPS) is 11.0. The summed E-state index contributed by atoms with van der Waals surface area (Å²) in [5.74, 6) is 0.409. The maximum Gasteiger partial charge on any atom is 0.264 e. The molecule has 35 heavy (non-hydrogen) atoms. The molecule has 0 spiro atoms. The van der Waals surface area contributed by atoms with Crippen LogP contribution < -0.4 is 15.8 Å². The van der Waals surface area contributed by atoms with Crippen LogP contribution in [0.2, 0.25) is 0 Å². The van der Waals surface area contributed by atoms with Crippen molar-refractivity contribution in [2.24, 2.45) is 0 Å². The summed E-state index contributed by atoms with van der Waals surface area (Å²) in [6, 6.07) is 25.6. The highest BCUT2D eigenvalue weighted by molar-refractivity contribution is 7.92. The lowest BCUT2D eigenvalue weighted by molar-refractivity contribution is 0.589. The van der Waals surface area contributed by atoms with Crippen LogP contribution in [0.1, 0.15) is 17.5 Å². The lowest BCUT2D eigenvalue weighted by Crippen LogP contribution is -2.32. The number of aromatic nitrogens is 2. The van der Waals surface area contributed by atoms with Gasteiger partial charge in [-0.3, -0.25) is 4.31 Å². The Labute approximate surface area is 212 Å². The first kappa shape index (κ1) is 26.0. The van der Waals surface area contributed by atoms with Gasteiger partial charge >= 0.3 is 0 Å². The Hall–Kier alpha value is -3.62. The lowest BCUT2D eigenvalue weighted by Gasteiger charge is -2.25. The average Bonchev–Trinajstić information content (AvgIpc) is 2.84. The Kier molecular flexibility index (Phi) is 8.32. The van der Waals surface area contributed by atoms with Crippen LogP contribution in [0.25, 0.3) is 11.3 Å². The predicted molar refractivity (Wildman–Crippen MR) is 144 cm³/mol. The van der Waals surface area contributed by atoms with Crippen molar-refractivity contribution < 1.29 is 8.42 Å². The second kappa shape index (κ2) is 11.2. The van der Waals surface area contributed by atoms with E-state index in [2.05, 4.69) is 9.97 Å². The minimum absolute atomic E-state index is 0. The monoisotopic (exact) mass is 509 g/mol. The first-order chi connectivity index (χ1) is 16.4. The summed E-state index contributed by atoms with van der Waals surface area (Å²) in [6.07, 6.45) is 1.00. The minimum Gasteiger partial charge on any atom is -0.383 e. The molecule has 3 aromatic carbocycles. The number of halogens is 1. The molecule has 0 saturated carbocycles. The highest BCUT2D eigenvalue weighted by Crippen LogP contribution is 2.29. The van der Waals surface area contributed by atoms with Gasteiger partial charge < -0.3 is 11.5 Å². The van der Waals surface area contributed by atoms with E-state index in [1.165, 1.54) is 4.31 Å². The van der Waals surface area contributed by atoms with E-state index in [0.717, 1.165) is 16.7 Å². The van der Waals surface area contributed by atoms with Gasteiger partial charge in [0.15, 0.2) is 0 Å². The highest BCUT2D eigenvalue weighted by atomic mass is 35.5. The van der Waals surface area contributed by atoms with Crippen molar-refractivity contribution in [2.75, 3.05) is 22.3 Å². The third-order valence-electron chi connectivity index (χ3n) is 5.54. The standard InChI is InChI=1S/C26H27N5O2S.ClH/c1-19-14-16-22(17-15-19)34(32,33)31(21-11-6-3-7-12-21)18-8-13-23-24(20-9-4-2-5-10-20)29-26(28)30-25(23)27;/h2-7,9-12,14-17H,8,13,18H2,1H3,(H4,27,28,29,30);1H. The summed E-state index contributed by atoms with van der Waals surface area (Å²) in [6.45, 7) is 2.19. The van der Waals surface area contributed by atoms with Gasteiger partial charge in [-0.2, -0.15) is 4.98 Å². The molecule has 0 unspecified atom stereocenters. The second-order valence-corrected chi connectivity index (χ2v) is 9.85. The number of rotatable bonds is 8. The predicted octanol–water partition coefficient (Wildman–Crippen LogP) is 4.87. The van der Waals surface area contributed by atoms with Gasteiger partial charge in [-0.15, -0.1) is 12.4 Å². The van der Waals surface area contributed by atoms with Gasteiger partial charge in [0, 0.05) is 17.7 Å². The third kappa shape index (κ3) is 5.90. The first-order valence-electron chi connectivity index (χ1n) is 11.0. The van der Waals surface area contributed by atoms with Crippen LogP contribution >= 0.6 is 12.4 Å². The maximum atomic E-state index is 13.5. The Bertz CT molecular complexity index is 1370. The van der Waals surface area contributed by atoms with Crippen LogP contribution in [0.15, 0.2) is 89.8 Å². The van der Waals surface area contributed by atoms with Gasteiger partial charge in [0.25, 0.3) is 10.0 Å². The smallest absolute Gasteiger partial charge is 0.264 e. The van der Waals surface area contributed by atoms with Crippen molar-refractivity contribution in [3.63, 3.8) is 0 Å². The Balaban J connectivity index is 0.00000342. The number of aryl methyl sites for hydroxylation is 1. The minimum atomic E-state index is -3.75. The molecule has 4 aromatic rings. The summed E-state index contributed by atoms with van der Waals surface area (Å²) < 4.78 is 28.5. The number of sulfonamides is 1. The molecular formula is C26H28ClN5O2S. The van der Waals surface area contributed by atoms with Crippen LogP contribution in [0.4, 0.5) is 17.5 Å². The molecule has 0 aliphatic rings. The number of nitrogens with zero attached hydrogens (tertiary/aromatic N) is 3. The summed E-state index contributed by atoms with van der Waals surface area (Å²) in [5, 5.41) is 0. The van der Waals surface area contributed by atoms with Crippen LogP contribution in [0, 0.1) is 6.92 Å². The van der Waals surface area contributed by atoms with E-state index in [1.54, 1.807) is 36.4 Å². The van der Waals surface area contributed by atoms with Gasteiger partial charge in [0.05, 0.1) is 16.3 Å². The molecule has 1 aromatic heterocycles. The molecule has 1 heterocycles. The van der Waals surface area contributed by atoms with Crippen LogP contribution in [-0.2, 0) is 16.4 Å². The molecule has 0 saturated heterocycles. The van der Waals surface area contributed by atoms with E-state index in [0.29, 0.717) is 30.0 Å². The van der Waals surface area contributed by atoms with E-state index >= 15 is 0 Å². The molecule has 4 N–H and O–H groups in total. The van der Waals surface area contributed by atoms with Gasteiger partial charge in [-0.1, -0.05) is 66.2 Å². The van der Waals surface area contributed by atoms with Crippen molar-refractivity contribution >= 4 is 39.9 Å². The Morgan fingerprint density at radius 1 is 0.829 bits per heavy atom. The number of nitrogens with two attached hydrogens (primary N) is 2. The van der Waals surface area contributed by atoms with Gasteiger partial charge in [-0.25, -0.2) is 13.4 Å². The first-order valence-corrected chi connectivity index (χ1v) is 12.4. The fourth-order valence-electron chi connectivity index (χ4n) is 3.82. The SMILES string of the molecule is Cc1ccc(S(=O)(=O)N(CCCc2c(N)nc(N)nc2-c2ccccc2)c2ccccc2)cc1.Cl. The Morgan fingerprint density at radius 3 is 2.06 bits per heavy atom.